The van der Waals surface area contributed by atoms with Gasteiger partial charge in [-0.2, -0.15) is 0 Å². The number of methoxy groups -OCH3 is 2. The van der Waals surface area contributed by atoms with E-state index in [2.05, 4.69) is 0 Å². The van der Waals surface area contributed by atoms with E-state index in [1.54, 1.807) is 43.3 Å². The van der Waals surface area contributed by atoms with Crippen LogP contribution in [-0.4, -0.2) is 31.0 Å². The topological polar surface area (TPSA) is 76.1 Å². The van der Waals surface area contributed by atoms with Gasteiger partial charge in [0.2, 0.25) is 0 Å². The molecule has 0 bridgehead atoms. The van der Waals surface area contributed by atoms with Crippen molar-refractivity contribution in [2.75, 3.05) is 19.1 Å². The highest BCUT2D eigenvalue weighted by atomic mass is 35.5. The number of nitrogens with zero attached hydrogens (tertiary/aromatic N) is 1. The molecule has 34 heavy (non-hydrogen) atoms. The van der Waals surface area contributed by atoms with Gasteiger partial charge in [-0.15, -0.1) is 0 Å². The third-order valence-electron chi connectivity index (χ3n) is 5.61. The smallest absolute Gasteiger partial charge is 0.300 e. The standard InChI is InChI=1S/C26H21ClFNO5/c1-14-11-19(25(34-3)20(27)12-14)23(30)21-22(15-5-4-6-18(13-15)33-2)29(26(32)24(21)31)17-9-7-16(28)8-10-17/h4-13,22,30H,1-3H3/b23-21+. The Morgan fingerprint density at radius 2 is 1.74 bits per heavy atom. The fourth-order valence-electron chi connectivity index (χ4n) is 4.08. The van der Waals surface area contributed by atoms with Crippen molar-refractivity contribution in [1.82, 2.24) is 0 Å². The molecule has 1 aliphatic rings. The summed E-state index contributed by atoms with van der Waals surface area (Å²) in [7, 11) is 2.89. The number of hydrogen-bond donors (Lipinski definition) is 1. The van der Waals surface area contributed by atoms with Crippen molar-refractivity contribution in [2.24, 2.45) is 0 Å². The van der Waals surface area contributed by atoms with E-state index in [0.29, 0.717) is 17.0 Å². The molecular formula is C26H21ClFNO5. The second-order valence-corrected chi connectivity index (χ2v) is 8.16. The lowest BCUT2D eigenvalue weighted by atomic mass is 9.94. The van der Waals surface area contributed by atoms with Gasteiger partial charge in [0.05, 0.1) is 36.4 Å². The van der Waals surface area contributed by atoms with E-state index in [-0.39, 0.29) is 21.9 Å². The van der Waals surface area contributed by atoms with Crippen molar-refractivity contribution >= 4 is 34.7 Å². The maximum Gasteiger partial charge on any atom is 0.300 e. The number of benzene rings is 3. The minimum atomic E-state index is -1.01. The Bertz CT molecular complexity index is 1320. The maximum atomic E-state index is 13.6. The summed E-state index contributed by atoms with van der Waals surface area (Å²) >= 11 is 6.31. The van der Waals surface area contributed by atoms with Crippen molar-refractivity contribution in [3.63, 3.8) is 0 Å². The highest BCUT2D eigenvalue weighted by molar-refractivity contribution is 6.51. The predicted octanol–water partition coefficient (Wildman–Crippen LogP) is 5.43. The number of ketones is 1. The molecule has 1 saturated heterocycles. The van der Waals surface area contributed by atoms with Crippen molar-refractivity contribution < 1.29 is 28.6 Å². The first-order valence-corrected chi connectivity index (χ1v) is 10.7. The molecule has 1 unspecified atom stereocenters. The number of carbonyl (C=O) groups is 2. The van der Waals surface area contributed by atoms with Gasteiger partial charge < -0.3 is 14.6 Å². The summed E-state index contributed by atoms with van der Waals surface area (Å²) < 4.78 is 24.3. The molecule has 0 spiro atoms. The van der Waals surface area contributed by atoms with Gasteiger partial charge >= 0.3 is 0 Å². The Morgan fingerprint density at radius 3 is 2.38 bits per heavy atom. The van der Waals surface area contributed by atoms with Crippen LogP contribution in [0.5, 0.6) is 11.5 Å². The highest BCUT2D eigenvalue weighted by Crippen LogP contribution is 2.45. The minimum Gasteiger partial charge on any atom is -0.507 e. The number of halogens is 2. The average molecular weight is 482 g/mol. The van der Waals surface area contributed by atoms with Gasteiger partial charge in [0.1, 0.15) is 23.1 Å². The Kier molecular flexibility index (Phi) is 6.30. The van der Waals surface area contributed by atoms with E-state index in [4.69, 9.17) is 21.1 Å². The van der Waals surface area contributed by atoms with E-state index in [1.807, 2.05) is 0 Å². The van der Waals surface area contributed by atoms with Crippen LogP contribution >= 0.6 is 11.6 Å². The lowest BCUT2D eigenvalue weighted by molar-refractivity contribution is -0.132. The number of amides is 1. The SMILES string of the molecule is COc1cccc(C2/C(=C(\O)c3cc(C)cc(Cl)c3OC)C(=O)C(=O)N2c2ccc(F)cc2)c1. The van der Waals surface area contributed by atoms with E-state index in [9.17, 15) is 19.1 Å². The molecule has 3 aromatic carbocycles. The molecule has 3 aromatic rings. The van der Waals surface area contributed by atoms with Crippen molar-refractivity contribution in [3.8, 4) is 11.5 Å². The lowest BCUT2D eigenvalue weighted by Gasteiger charge is -2.26. The molecule has 1 amide bonds. The third kappa shape index (κ3) is 3.99. The molecule has 1 heterocycles. The van der Waals surface area contributed by atoms with Crippen LogP contribution in [0.15, 0.2) is 66.2 Å². The zero-order valence-electron chi connectivity index (χ0n) is 18.6. The monoisotopic (exact) mass is 481 g/mol. The molecule has 0 radical (unpaired) electrons. The Labute approximate surface area is 200 Å². The number of aliphatic hydroxyl groups excluding tert-OH is 1. The van der Waals surface area contributed by atoms with Crippen LogP contribution in [0.2, 0.25) is 5.02 Å². The average Bonchev–Trinajstić information content (AvgIpc) is 3.09. The van der Waals surface area contributed by atoms with Gasteiger partial charge in [-0.05, 0) is 66.6 Å². The molecule has 0 aromatic heterocycles. The molecule has 8 heteroatoms. The zero-order valence-corrected chi connectivity index (χ0v) is 19.4. The van der Waals surface area contributed by atoms with Crippen LogP contribution in [0.4, 0.5) is 10.1 Å². The second-order valence-electron chi connectivity index (χ2n) is 7.75. The van der Waals surface area contributed by atoms with Crippen molar-refractivity contribution in [3.05, 3.63) is 93.8 Å². The number of Topliss-reactive ketones (excluding diaryl/α,β-unsaturated/α-hetero) is 1. The van der Waals surface area contributed by atoms with Gasteiger partial charge in [-0.3, -0.25) is 14.5 Å². The Balaban J connectivity index is 2.01. The number of ether oxygens (including phenoxy) is 2. The summed E-state index contributed by atoms with van der Waals surface area (Å²) in [5, 5.41) is 11.6. The maximum absolute atomic E-state index is 13.6. The van der Waals surface area contributed by atoms with Crippen LogP contribution in [0.3, 0.4) is 0 Å². The van der Waals surface area contributed by atoms with Gasteiger partial charge in [0, 0.05) is 5.69 Å². The summed E-state index contributed by atoms with van der Waals surface area (Å²) in [4.78, 5) is 27.7. The lowest BCUT2D eigenvalue weighted by Crippen LogP contribution is -2.29. The quantitative estimate of drug-likeness (QED) is 0.299. The summed E-state index contributed by atoms with van der Waals surface area (Å²) in [6.07, 6.45) is 0. The van der Waals surface area contributed by atoms with Crippen molar-refractivity contribution in [2.45, 2.75) is 13.0 Å². The van der Waals surface area contributed by atoms with Crippen LogP contribution < -0.4 is 14.4 Å². The molecule has 1 N–H and O–H groups in total. The molecule has 1 aliphatic heterocycles. The molecule has 6 nitrogen and oxygen atoms in total. The molecule has 1 fully saturated rings. The van der Waals surface area contributed by atoms with Gasteiger partial charge in [0.25, 0.3) is 11.7 Å². The molecular weight excluding hydrogens is 461 g/mol. The first-order valence-electron chi connectivity index (χ1n) is 10.3. The predicted molar refractivity (Wildman–Crippen MR) is 127 cm³/mol. The Hall–Kier alpha value is -3.84. The van der Waals surface area contributed by atoms with E-state index in [0.717, 1.165) is 5.56 Å². The number of aliphatic hydroxyl groups is 1. The van der Waals surface area contributed by atoms with E-state index in [1.165, 1.54) is 43.4 Å². The molecule has 0 saturated carbocycles. The van der Waals surface area contributed by atoms with Crippen LogP contribution in [0.1, 0.15) is 22.7 Å². The molecule has 1 atom stereocenters. The number of aryl methyl sites for hydroxylation is 1. The molecule has 4 rings (SSSR count). The van der Waals surface area contributed by atoms with E-state index >= 15 is 0 Å². The van der Waals surface area contributed by atoms with Crippen LogP contribution in [0.25, 0.3) is 5.76 Å². The fourth-order valence-corrected chi connectivity index (χ4v) is 4.44. The summed E-state index contributed by atoms with van der Waals surface area (Å²) in [6.45, 7) is 1.78. The summed E-state index contributed by atoms with van der Waals surface area (Å²) in [6, 6.07) is 14.3. The number of rotatable bonds is 5. The fraction of sp³-hybridized carbons (Fsp3) is 0.154. The highest BCUT2D eigenvalue weighted by Gasteiger charge is 2.47. The normalized spacial score (nSPS) is 17.2. The minimum absolute atomic E-state index is 0.150. The van der Waals surface area contributed by atoms with E-state index < -0.39 is 29.3 Å². The van der Waals surface area contributed by atoms with Gasteiger partial charge in [0.15, 0.2) is 0 Å². The van der Waals surface area contributed by atoms with Gasteiger partial charge in [-0.1, -0.05) is 23.7 Å². The number of anilines is 1. The van der Waals surface area contributed by atoms with Crippen molar-refractivity contribution in [1.29, 1.82) is 0 Å². The first kappa shape index (κ1) is 23.3. The summed E-state index contributed by atoms with van der Waals surface area (Å²) in [5.74, 6) is -2.01. The van der Waals surface area contributed by atoms with Crippen LogP contribution in [-0.2, 0) is 9.59 Å². The zero-order chi connectivity index (χ0) is 24.6. The van der Waals surface area contributed by atoms with Gasteiger partial charge in [-0.25, -0.2) is 4.39 Å². The van der Waals surface area contributed by atoms with Crippen LogP contribution in [0, 0.1) is 12.7 Å². The molecule has 174 valence electrons. The largest absolute Gasteiger partial charge is 0.507 e. The Morgan fingerprint density at radius 1 is 1.03 bits per heavy atom. The second kappa shape index (κ2) is 9.19. The number of hydrogen-bond acceptors (Lipinski definition) is 5. The first-order chi connectivity index (χ1) is 16.3. The number of carbonyl (C=O) groups excluding carboxylic acids is 2. The molecule has 0 aliphatic carbocycles. The third-order valence-corrected chi connectivity index (χ3v) is 5.89. The summed E-state index contributed by atoms with van der Waals surface area (Å²) in [5.41, 5.74) is 1.56.